The number of aromatic nitrogens is 2. The fourth-order valence-corrected chi connectivity index (χ4v) is 3.25. The van der Waals surface area contributed by atoms with Crippen molar-refractivity contribution >= 4 is 17.3 Å². The summed E-state index contributed by atoms with van der Waals surface area (Å²) in [5, 5.41) is 3.54. The topological polar surface area (TPSA) is 110 Å². The molecule has 6 nitrogen and oxygen atoms in total. The number of hydrogen-bond donors (Lipinski definition) is 4. The van der Waals surface area contributed by atoms with Crippen LogP contribution in [0.25, 0.3) is 5.57 Å². The number of amides is 1. The summed E-state index contributed by atoms with van der Waals surface area (Å²) in [4.78, 5) is 19.3. The standard InChI is InChI=1S/C17H29N5O/c1-16(2,3)9-17(4,5)22-15-12(10-6-7-10)20-14(21-15)11(8-18)13(19)23/h8,10,22H,6-7,9,18H2,1-5H3,(H2,19,23)(H,20,21)/b11-8-. The van der Waals surface area contributed by atoms with Gasteiger partial charge in [0.2, 0.25) is 0 Å². The smallest absolute Gasteiger partial charge is 0.253 e. The van der Waals surface area contributed by atoms with Crippen LogP contribution >= 0.6 is 0 Å². The molecule has 128 valence electrons. The third-order valence-electron chi connectivity index (χ3n) is 3.83. The molecule has 1 aliphatic rings. The maximum atomic E-state index is 11.5. The summed E-state index contributed by atoms with van der Waals surface area (Å²) < 4.78 is 0. The van der Waals surface area contributed by atoms with Crippen LogP contribution in [-0.2, 0) is 4.79 Å². The zero-order valence-electron chi connectivity index (χ0n) is 14.8. The molecule has 1 fully saturated rings. The van der Waals surface area contributed by atoms with Crippen LogP contribution in [0, 0.1) is 5.41 Å². The number of nitrogens with two attached hydrogens (primary N) is 2. The Labute approximate surface area is 138 Å². The van der Waals surface area contributed by atoms with Crippen molar-refractivity contribution in [2.45, 2.75) is 65.3 Å². The van der Waals surface area contributed by atoms with Crippen molar-refractivity contribution in [2.24, 2.45) is 16.9 Å². The molecule has 1 amide bonds. The normalized spacial score (nSPS) is 16.5. The molecular formula is C17H29N5O. The van der Waals surface area contributed by atoms with Gasteiger partial charge in [-0.2, -0.15) is 0 Å². The van der Waals surface area contributed by atoms with Gasteiger partial charge in [-0.1, -0.05) is 20.8 Å². The first-order chi connectivity index (χ1) is 10.5. The molecule has 23 heavy (non-hydrogen) atoms. The van der Waals surface area contributed by atoms with Gasteiger partial charge in [0.15, 0.2) is 0 Å². The minimum atomic E-state index is -0.580. The molecule has 0 spiro atoms. The fraction of sp³-hybridized carbons (Fsp3) is 0.647. The Balaban J connectivity index is 2.31. The van der Waals surface area contributed by atoms with Crippen LogP contribution in [0.15, 0.2) is 6.20 Å². The minimum absolute atomic E-state index is 0.117. The summed E-state index contributed by atoms with van der Waals surface area (Å²) in [5.74, 6) is 1.13. The number of anilines is 1. The highest BCUT2D eigenvalue weighted by molar-refractivity contribution is 6.17. The lowest BCUT2D eigenvalue weighted by molar-refractivity contribution is -0.112. The molecule has 0 radical (unpaired) electrons. The van der Waals surface area contributed by atoms with Crippen LogP contribution in [0.2, 0.25) is 0 Å². The van der Waals surface area contributed by atoms with Crippen LogP contribution in [0.5, 0.6) is 0 Å². The predicted octanol–water partition coefficient (Wildman–Crippen LogP) is 2.70. The second-order valence-electron chi connectivity index (χ2n) is 8.31. The SMILES string of the molecule is CC(C)(C)CC(C)(C)Nc1nc(/C(=C\N)C(N)=O)[nH]c1C1CC1. The van der Waals surface area contributed by atoms with Crippen molar-refractivity contribution in [2.75, 3.05) is 5.32 Å². The lowest BCUT2D eigenvalue weighted by Gasteiger charge is -2.33. The fourth-order valence-electron chi connectivity index (χ4n) is 3.25. The van der Waals surface area contributed by atoms with Gasteiger partial charge in [0.05, 0.1) is 11.3 Å². The minimum Gasteiger partial charge on any atom is -0.404 e. The van der Waals surface area contributed by atoms with Crippen LogP contribution in [-0.4, -0.2) is 21.4 Å². The van der Waals surface area contributed by atoms with E-state index in [1.807, 2.05) is 0 Å². The van der Waals surface area contributed by atoms with E-state index >= 15 is 0 Å². The van der Waals surface area contributed by atoms with Gasteiger partial charge in [-0.05, 0) is 38.5 Å². The highest BCUT2D eigenvalue weighted by Gasteiger charge is 2.33. The van der Waals surface area contributed by atoms with Crippen molar-refractivity contribution in [1.29, 1.82) is 0 Å². The summed E-state index contributed by atoms with van der Waals surface area (Å²) in [7, 11) is 0. The number of primary amides is 1. The Morgan fingerprint density at radius 3 is 2.39 bits per heavy atom. The van der Waals surface area contributed by atoms with Crippen molar-refractivity contribution in [3.63, 3.8) is 0 Å². The van der Waals surface area contributed by atoms with Gasteiger partial charge in [-0.3, -0.25) is 4.79 Å². The second kappa shape index (κ2) is 5.91. The first-order valence-corrected chi connectivity index (χ1v) is 8.12. The maximum Gasteiger partial charge on any atom is 0.253 e. The van der Waals surface area contributed by atoms with Gasteiger partial charge >= 0.3 is 0 Å². The Morgan fingerprint density at radius 1 is 1.35 bits per heavy atom. The highest BCUT2D eigenvalue weighted by atomic mass is 16.1. The van der Waals surface area contributed by atoms with E-state index in [9.17, 15) is 4.79 Å². The van der Waals surface area contributed by atoms with Gasteiger partial charge < -0.3 is 21.8 Å². The van der Waals surface area contributed by atoms with Crippen molar-refractivity contribution in [3.05, 3.63) is 17.7 Å². The van der Waals surface area contributed by atoms with Gasteiger partial charge in [0.25, 0.3) is 5.91 Å². The van der Waals surface area contributed by atoms with E-state index in [0.29, 0.717) is 11.7 Å². The number of hydrogen-bond acceptors (Lipinski definition) is 4. The Kier molecular flexibility index (Phi) is 4.46. The van der Waals surface area contributed by atoms with Gasteiger partial charge in [-0.15, -0.1) is 0 Å². The third kappa shape index (κ3) is 4.50. The highest BCUT2D eigenvalue weighted by Crippen LogP contribution is 2.43. The second-order valence-corrected chi connectivity index (χ2v) is 8.31. The number of H-pyrrole nitrogens is 1. The van der Waals surface area contributed by atoms with Crippen molar-refractivity contribution in [3.8, 4) is 0 Å². The summed E-state index contributed by atoms with van der Waals surface area (Å²) in [6.07, 6.45) is 4.46. The maximum absolute atomic E-state index is 11.5. The number of imidazole rings is 1. The van der Waals surface area contributed by atoms with Crippen LogP contribution in [0.1, 0.15) is 71.3 Å². The third-order valence-corrected chi connectivity index (χ3v) is 3.83. The van der Waals surface area contributed by atoms with E-state index in [0.717, 1.165) is 30.8 Å². The van der Waals surface area contributed by atoms with Gasteiger partial charge in [0.1, 0.15) is 11.6 Å². The molecule has 6 N–H and O–H groups in total. The Morgan fingerprint density at radius 2 is 1.96 bits per heavy atom. The molecule has 0 saturated heterocycles. The molecule has 6 heteroatoms. The summed E-state index contributed by atoms with van der Waals surface area (Å²) >= 11 is 0. The molecule has 0 atom stereocenters. The predicted molar refractivity (Wildman–Crippen MR) is 93.7 cm³/mol. The zero-order valence-corrected chi connectivity index (χ0v) is 14.8. The van der Waals surface area contributed by atoms with E-state index in [2.05, 4.69) is 49.9 Å². The number of nitrogens with one attached hydrogen (secondary N) is 2. The molecule has 0 aromatic carbocycles. The van der Waals surface area contributed by atoms with E-state index < -0.39 is 5.91 Å². The molecule has 1 aromatic heterocycles. The van der Waals surface area contributed by atoms with Crippen LogP contribution in [0.3, 0.4) is 0 Å². The van der Waals surface area contributed by atoms with E-state index in [1.165, 1.54) is 6.20 Å². The quantitative estimate of drug-likeness (QED) is 0.604. The van der Waals surface area contributed by atoms with E-state index in [1.54, 1.807) is 0 Å². The lowest BCUT2D eigenvalue weighted by atomic mass is 9.82. The molecule has 0 unspecified atom stereocenters. The molecule has 2 rings (SSSR count). The first kappa shape index (κ1) is 17.4. The monoisotopic (exact) mass is 319 g/mol. The zero-order chi connectivity index (χ0) is 17.4. The van der Waals surface area contributed by atoms with Crippen LogP contribution in [0.4, 0.5) is 5.82 Å². The molecule has 0 aliphatic heterocycles. The van der Waals surface area contributed by atoms with Gasteiger partial charge in [-0.25, -0.2) is 4.98 Å². The molecule has 0 bridgehead atoms. The van der Waals surface area contributed by atoms with E-state index in [4.69, 9.17) is 11.5 Å². The first-order valence-electron chi connectivity index (χ1n) is 8.12. The largest absolute Gasteiger partial charge is 0.404 e. The lowest BCUT2D eigenvalue weighted by Crippen LogP contribution is -2.35. The van der Waals surface area contributed by atoms with Crippen molar-refractivity contribution in [1.82, 2.24) is 9.97 Å². The average Bonchev–Trinajstić information content (AvgIpc) is 3.10. The number of rotatable bonds is 6. The number of nitrogens with zero attached hydrogens (tertiary/aromatic N) is 1. The Bertz CT molecular complexity index is 617. The molecular weight excluding hydrogens is 290 g/mol. The summed E-state index contributed by atoms with van der Waals surface area (Å²) in [5.41, 5.74) is 12.2. The summed E-state index contributed by atoms with van der Waals surface area (Å²) in [6, 6.07) is 0. The van der Waals surface area contributed by atoms with Gasteiger partial charge in [0, 0.05) is 17.7 Å². The van der Waals surface area contributed by atoms with E-state index in [-0.39, 0.29) is 16.5 Å². The molecule has 1 saturated carbocycles. The number of aromatic amines is 1. The number of carbonyl (C=O) groups excluding carboxylic acids is 1. The average molecular weight is 319 g/mol. The van der Waals surface area contributed by atoms with Crippen molar-refractivity contribution < 1.29 is 4.79 Å². The molecule has 1 aromatic rings. The summed E-state index contributed by atoms with van der Waals surface area (Å²) in [6.45, 7) is 11.0. The molecule has 1 aliphatic carbocycles. The Hall–Kier alpha value is -1.98. The van der Waals surface area contributed by atoms with Crippen LogP contribution < -0.4 is 16.8 Å². The molecule has 1 heterocycles. The number of carbonyl (C=O) groups is 1.